The van der Waals surface area contributed by atoms with Gasteiger partial charge < -0.3 is 20.3 Å². The summed E-state index contributed by atoms with van der Waals surface area (Å²) in [4.78, 5) is 25.7. The first kappa shape index (κ1) is 21.4. The zero-order valence-corrected chi connectivity index (χ0v) is 17.1. The van der Waals surface area contributed by atoms with Crippen molar-refractivity contribution in [2.45, 2.75) is 39.3 Å². The summed E-state index contributed by atoms with van der Waals surface area (Å²) in [5.41, 5.74) is -0.0304. The average Bonchev–Trinajstić information content (AvgIpc) is 2.48. The van der Waals surface area contributed by atoms with Crippen LogP contribution < -0.4 is 16.2 Å². The molecular formula is C16H28BrN5O3. The Morgan fingerprint density at radius 3 is 2.64 bits per heavy atom. The van der Waals surface area contributed by atoms with E-state index in [1.807, 2.05) is 39.8 Å². The number of hydrogen-bond acceptors (Lipinski definition) is 6. The fourth-order valence-corrected chi connectivity index (χ4v) is 2.31. The molecule has 0 unspecified atom stereocenters. The lowest BCUT2D eigenvalue weighted by Gasteiger charge is -2.19. The van der Waals surface area contributed by atoms with E-state index in [1.54, 1.807) is 6.20 Å². The van der Waals surface area contributed by atoms with Crippen molar-refractivity contribution >= 4 is 27.7 Å². The number of rotatable bonds is 8. The predicted octanol–water partition coefficient (Wildman–Crippen LogP) is 1.89. The lowest BCUT2D eigenvalue weighted by atomic mass is 10.2. The molecule has 1 aromatic heterocycles. The number of alkyl carbamates (subject to hydrolysis) is 1. The normalized spacial score (nSPS) is 11.5. The molecule has 1 amide bonds. The molecule has 8 nitrogen and oxygen atoms in total. The van der Waals surface area contributed by atoms with E-state index in [4.69, 9.17) is 4.74 Å². The highest BCUT2D eigenvalue weighted by atomic mass is 79.9. The van der Waals surface area contributed by atoms with Crippen molar-refractivity contribution < 1.29 is 9.53 Å². The van der Waals surface area contributed by atoms with Crippen molar-refractivity contribution in [3.63, 3.8) is 0 Å². The van der Waals surface area contributed by atoms with Gasteiger partial charge in [0.2, 0.25) is 0 Å². The Hall–Kier alpha value is -1.61. The van der Waals surface area contributed by atoms with Gasteiger partial charge in [-0.15, -0.1) is 0 Å². The number of aromatic nitrogens is 2. The van der Waals surface area contributed by atoms with Crippen LogP contribution in [0.2, 0.25) is 0 Å². The minimum atomic E-state index is -0.505. The van der Waals surface area contributed by atoms with E-state index in [-0.39, 0.29) is 5.56 Å². The zero-order valence-electron chi connectivity index (χ0n) is 15.6. The Morgan fingerprint density at radius 1 is 1.36 bits per heavy atom. The number of amides is 1. The topological polar surface area (TPSA) is 88.5 Å². The molecule has 0 saturated heterocycles. The third kappa shape index (κ3) is 8.35. The van der Waals surface area contributed by atoms with Gasteiger partial charge >= 0.3 is 6.09 Å². The average molecular weight is 418 g/mol. The molecule has 0 aliphatic carbocycles. The number of carbonyl (C=O) groups is 1. The van der Waals surface area contributed by atoms with Crippen molar-refractivity contribution in [2.75, 3.05) is 39.0 Å². The molecule has 1 heterocycles. The second-order valence-corrected chi connectivity index (χ2v) is 7.71. The van der Waals surface area contributed by atoms with Gasteiger partial charge in [0.05, 0.1) is 18.4 Å². The fourth-order valence-electron chi connectivity index (χ4n) is 1.86. The van der Waals surface area contributed by atoms with E-state index in [9.17, 15) is 9.59 Å². The van der Waals surface area contributed by atoms with E-state index in [0.29, 0.717) is 36.2 Å². The monoisotopic (exact) mass is 417 g/mol. The molecule has 0 aliphatic rings. The van der Waals surface area contributed by atoms with Crippen LogP contribution in [0.5, 0.6) is 0 Å². The van der Waals surface area contributed by atoms with E-state index in [1.165, 1.54) is 4.68 Å². The lowest BCUT2D eigenvalue weighted by Crippen LogP contribution is -2.33. The maximum Gasteiger partial charge on any atom is 0.407 e. The number of ether oxygens (including phenoxy) is 1. The van der Waals surface area contributed by atoms with Crippen molar-refractivity contribution in [1.82, 2.24) is 20.0 Å². The van der Waals surface area contributed by atoms with Crippen LogP contribution in [0.4, 0.5) is 10.5 Å². The number of carbonyl (C=O) groups excluding carboxylic acids is 1. The van der Waals surface area contributed by atoms with Crippen LogP contribution in [-0.2, 0) is 11.3 Å². The quantitative estimate of drug-likeness (QED) is 0.627. The highest BCUT2D eigenvalue weighted by Crippen LogP contribution is 2.15. The molecule has 1 aromatic rings. The standard InChI is InChI=1S/C16H28BrN5O3/c1-16(2,3)25-15(24)19-8-6-7-18-12-11-20-22(10-9-21(4)5)14(23)13(12)17/h11,18H,6-10H2,1-5H3,(H,19,24). The molecule has 0 aromatic carbocycles. The predicted molar refractivity (Wildman–Crippen MR) is 102 cm³/mol. The fraction of sp³-hybridized carbons (Fsp3) is 0.688. The smallest absolute Gasteiger partial charge is 0.407 e. The number of nitrogens with zero attached hydrogens (tertiary/aromatic N) is 3. The first-order valence-electron chi connectivity index (χ1n) is 8.21. The number of anilines is 1. The van der Waals surface area contributed by atoms with Gasteiger partial charge in [0.15, 0.2) is 0 Å². The molecule has 2 N–H and O–H groups in total. The van der Waals surface area contributed by atoms with Crippen LogP contribution in [0.3, 0.4) is 0 Å². The zero-order chi connectivity index (χ0) is 19.0. The molecule has 0 spiro atoms. The molecular weight excluding hydrogens is 390 g/mol. The third-order valence-electron chi connectivity index (χ3n) is 3.08. The van der Waals surface area contributed by atoms with Crippen LogP contribution in [0.15, 0.2) is 15.5 Å². The van der Waals surface area contributed by atoms with Gasteiger partial charge in [0.25, 0.3) is 5.56 Å². The van der Waals surface area contributed by atoms with Crippen molar-refractivity contribution in [1.29, 1.82) is 0 Å². The Bertz CT molecular complexity index is 625. The van der Waals surface area contributed by atoms with Gasteiger partial charge in [0.1, 0.15) is 10.1 Å². The number of nitrogens with one attached hydrogen (secondary N) is 2. The molecule has 1 rings (SSSR count). The number of hydrogen-bond donors (Lipinski definition) is 2. The number of halogens is 1. The minimum absolute atomic E-state index is 0.168. The third-order valence-corrected chi connectivity index (χ3v) is 3.85. The van der Waals surface area contributed by atoms with Gasteiger partial charge in [-0.1, -0.05) is 0 Å². The maximum absolute atomic E-state index is 12.2. The molecule has 0 bridgehead atoms. The van der Waals surface area contributed by atoms with E-state index in [2.05, 4.69) is 31.7 Å². The van der Waals surface area contributed by atoms with Crippen LogP contribution in [-0.4, -0.2) is 60.1 Å². The van der Waals surface area contributed by atoms with E-state index in [0.717, 1.165) is 6.54 Å². The van der Waals surface area contributed by atoms with Gasteiger partial charge in [-0.3, -0.25) is 4.79 Å². The summed E-state index contributed by atoms with van der Waals surface area (Å²) in [6, 6.07) is 0. The Morgan fingerprint density at radius 2 is 2.04 bits per heavy atom. The maximum atomic E-state index is 12.2. The van der Waals surface area contributed by atoms with Crippen LogP contribution in [0.1, 0.15) is 27.2 Å². The molecule has 0 atom stereocenters. The Balaban J connectivity index is 2.42. The first-order valence-corrected chi connectivity index (χ1v) is 9.00. The lowest BCUT2D eigenvalue weighted by molar-refractivity contribution is 0.0528. The molecule has 0 aliphatic heterocycles. The molecule has 142 valence electrons. The van der Waals surface area contributed by atoms with Crippen molar-refractivity contribution in [2.24, 2.45) is 0 Å². The molecule has 25 heavy (non-hydrogen) atoms. The highest BCUT2D eigenvalue weighted by molar-refractivity contribution is 9.10. The van der Waals surface area contributed by atoms with Gasteiger partial charge in [-0.05, 0) is 57.2 Å². The van der Waals surface area contributed by atoms with Crippen LogP contribution in [0, 0.1) is 0 Å². The summed E-state index contributed by atoms with van der Waals surface area (Å²) < 4.78 is 7.04. The van der Waals surface area contributed by atoms with E-state index < -0.39 is 11.7 Å². The molecule has 0 radical (unpaired) electrons. The van der Waals surface area contributed by atoms with Gasteiger partial charge in [-0.2, -0.15) is 5.10 Å². The largest absolute Gasteiger partial charge is 0.444 e. The van der Waals surface area contributed by atoms with Crippen LogP contribution >= 0.6 is 15.9 Å². The Labute approximate surface area is 157 Å². The summed E-state index contributed by atoms with van der Waals surface area (Å²) in [7, 11) is 3.89. The number of likely N-dealkylation sites (N-methyl/N-ethyl adjacent to an activating group) is 1. The highest BCUT2D eigenvalue weighted by Gasteiger charge is 2.15. The van der Waals surface area contributed by atoms with Crippen molar-refractivity contribution in [3.05, 3.63) is 21.0 Å². The summed E-state index contributed by atoms with van der Waals surface area (Å²) in [5, 5.41) is 10.0. The second kappa shape index (κ2) is 9.76. The molecule has 0 fully saturated rings. The molecule has 9 heteroatoms. The van der Waals surface area contributed by atoms with E-state index >= 15 is 0 Å². The van der Waals surface area contributed by atoms with Crippen LogP contribution in [0.25, 0.3) is 0 Å². The first-order chi connectivity index (χ1) is 11.6. The van der Waals surface area contributed by atoms with Gasteiger partial charge in [0, 0.05) is 19.6 Å². The Kier molecular flexibility index (Phi) is 8.37. The molecule has 0 saturated carbocycles. The van der Waals surface area contributed by atoms with Crippen molar-refractivity contribution in [3.8, 4) is 0 Å². The minimum Gasteiger partial charge on any atom is -0.444 e. The SMILES string of the molecule is CN(C)CCn1ncc(NCCCNC(=O)OC(C)(C)C)c(Br)c1=O. The summed E-state index contributed by atoms with van der Waals surface area (Å²) in [5.74, 6) is 0. The second-order valence-electron chi connectivity index (χ2n) is 6.91. The summed E-state index contributed by atoms with van der Waals surface area (Å²) in [6.45, 7) is 7.80. The summed E-state index contributed by atoms with van der Waals surface area (Å²) >= 11 is 3.32. The summed E-state index contributed by atoms with van der Waals surface area (Å²) in [6.07, 6.45) is 1.89. The van der Waals surface area contributed by atoms with Gasteiger partial charge in [-0.25, -0.2) is 9.48 Å².